The maximum Gasteiger partial charge on any atom is 0.328 e. The summed E-state index contributed by atoms with van der Waals surface area (Å²) in [5, 5.41) is 4.03. The number of carbonyl (C=O) groups excluding carboxylic acids is 2. The highest BCUT2D eigenvalue weighted by atomic mass is 35.5. The lowest BCUT2D eigenvalue weighted by molar-refractivity contribution is -0.152. The van der Waals surface area contributed by atoms with Crippen LogP contribution >= 0.6 is 23.2 Å². The smallest absolute Gasteiger partial charge is 0.328 e. The van der Waals surface area contributed by atoms with E-state index < -0.39 is 12.0 Å². The monoisotopic (exact) mass is 409 g/mol. The number of methoxy groups -OCH3 is 1. The first kappa shape index (κ1) is 19.1. The molecule has 5 rings (SSSR count). The Morgan fingerprint density at radius 1 is 1.15 bits per heavy atom. The summed E-state index contributed by atoms with van der Waals surface area (Å²) in [5.41, 5.74) is 0.465. The molecular formula is C21H25Cl2NO3. The highest BCUT2D eigenvalue weighted by Crippen LogP contribution is 2.60. The first-order valence-corrected chi connectivity index (χ1v) is 10.5. The molecule has 146 valence electrons. The van der Waals surface area contributed by atoms with E-state index in [1.165, 1.54) is 26.4 Å². The molecule has 0 heterocycles. The second-order valence-electron chi connectivity index (χ2n) is 8.69. The molecule has 4 aliphatic carbocycles. The summed E-state index contributed by atoms with van der Waals surface area (Å²) >= 11 is 12.2. The zero-order valence-electron chi connectivity index (χ0n) is 15.5. The minimum atomic E-state index is -0.741. The van der Waals surface area contributed by atoms with Gasteiger partial charge in [-0.1, -0.05) is 29.3 Å². The zero-order valence-corrected chi connectivity index (χ0v) is 17.0. The van der Waals surface area contributed by atoms with E-state index in [1.54, 1.807) is 18.2 Å². The predicted octanol–water partition coefficient (Wildman–Crippen LogP) is 4.41. The van der Waals surface area contributed by atoms with E-state index in [0.29, 0.717) is 34.2 Å². The third-order valence-corrected chi connectivity index (χ3v) is 7.34. The van der Waals surface area contributed by atoms with Crippen molar-refractivity contribution in [1.82, 2.24) is 5.32 Å². The van der Waals surface area contributed by atoms with Gasteiger partial charge in [0.25, 0.3) is 0 Å². The van der Waals surface area contributed by atoms with Crippen LogP contribution in [0.3, 0.4) is 0 Å². The van der Waals surface area contributed by atoms with Gasteiger partial charge in [0.2, 0.25) is 5.91 Å². The van der Waals surface area contributed by atoms with Gasteiger partial charge in [0, 0.05) is 21.9 Å². The van der Waals surface area contributed by atoms with E-state index in [1.807, 2.05) is 0 Å². The van der Waals surface area contributed by atoms with Gasteiger partial charge in [-0.2, -0.15) is 0 Å². The van der Waals surface area contributed by atoms with Crippen LogP contribution in [0, 0.1) is 23.2 Å². The molecule has 4 nitrogen and oxygen atoms in total. The standard InChI is InChI=1S/C21H25Cl2NO3/c1-27-19(25)18(7-15-2-3-16(22)8-17(15)23)24-20(26)21-9-12-4-13(10-21)6-14(5-12)11-21/h2-3,8,12-14,18H,4-7,9-11H2,1H3,(H,24,26)/t12?,13?,14?,18-,21?/m0/s1. The SMILES string of the molecule is COC(=O)[C@H](Cc1ccc(Cl)cc1Cl)NC(=O)C12CC3CC(CC(C3)C1)C2. The summed E-state index contributed by atoms with van der Waals surface area (Å²) < 4.78 is 4.95. The molecule has 1 N–H and O–H groups in total. The number of hydrogen-bond acceptors (Lipinski definition) is 3. The van der Waals surface area contributed by atoms with Crippen molar-refractivity contribution < 1.29 is 14.3 Å². The highest BCUT2D eigenvalue weighted by Gasteiger charge is 2.55. The third kappa shape index (κ3) is 3.71. The van der Waals surface area contributed by atoms with Crippen LogP contribution < -0.4 is 5.32 Å². The summed E-state index contributed by atoms with van der Waals surface area (Å²) in [5.74, 6) is 1.58. The minimum absolute atomic E-state index is 0.0158. The number of hydrogen-bond donors (Lipinski definition) is 1. The number of halogens is 2. The number of benzene rings is 1. The largest absolute Gasteiger partial charge is 0.467 e. The number of carbonyl (C=O) groups is 2. The van der Waals surface area contributed by atoms with Crippen molar-refractivity contribution in [3.63, 3.8) is 0 Å². The van der Waals surface area contributed by atoms with Crippen molar-refractivity contribution in [2.24, 2.45) is 23.2 Å². The molecule has 4 aliphatic rings. The van der Waals surface area contributed by atoms with Crippen molar-refractivity contribution in [1.29, 1.82) is 0 Å². The van der Waals surface area contributed by atoms with E-state index in [0.717, 1.165) is 24.8 Å². The van der Waals surface area contributed by atoms with Gasteiger partial charge < -0.3 is 10.1 Å². The molecule has 0 radical (unpaired) electrons. The fourth-order valence-corrected chi connectivity index (χ4v) is 6.43. The lowest BCUT2D eigenvalue weighted by Gasteiger charge is -2.55. The Labute approximate surface area is 169 Å². The molecule has 0 spiro atoms. The number of amides is 1. The molecule has 4 fully saturated rings. The van der Waals surface area contributed by atoms with Crippen LogP contribution in [0.2, 0.25) is 10.0 Å². The molecule has 4 bridgehead atoms. The van der Waals surface area contributed by atoms with E-state index in [9.17, 15) is 9.59 Å². The van der Waals surface area contributed by atoms with Gasteiger partial charge in [0.05, 0.1) is 7.11 Å². The Bertz CT molecular complexity index is 729. The molecule has 0 aromatic heterocycles. The fraction of sp³-hybridized carbons (Fsp3) is 0.619. The Morgan fingerprint density at radius 3 is 2.26 bits per heavy atom. The van der Waals surface area contributed by atoms with Crippen molar-refractivity contribution in [3.05, 3.63) is 33.8 Å². The summed E-state index contributed by atoms with van der Waals surface area (Å²) in [6.07, 6.45) is 6.98. The average molecular weight is 410 g/mol. The molecule has 1 aromatic rings. The Morgan fingerprint density at radius 2 is 1.74 bits per heavy atom. The van der Waals surface area contributed by atoms with E-state index in [4.69, 9.17) is 27.9 Å². The second-order valence-corrected chi connectivity index (χ2v) is 9.53. The second kappa shape index (κ2) is 7.29. The summed E-state index contributed by atoms with van der Waals surface area (Å²) in [4.78, 5) is 25.6. The van der Waals surface area contributed by atoms with E-state index in [-0.39, 0.29) is 11.3 Å². The lowest BCUT2D eigenvalue weighted by Crippen LogP contribution is -2.56. The van der Waals surface area contributed by atoms with Gasteiger partial charge >= 0.3 is 5.97 Å². The Balaban J connectivity index is 1.52. The summed E-state index contributed by atoms with van der Waals surface area (Å²) in [6, 6.07) is 4.43. The van der Waals surface area contributed by atoms with Crippen molar-refractivity contribution in [2.75, 3.05) is 7.11 Å². The van der Waals surface area contributed by atoms with Gasteiger partial charge in [-0.25, -0.2) is 4.79 Å². The molecule has 27 heavy (non-hydrogen) atoms. The average Bonchev–Trinajstić information content (AvgIpc) is 2.61. The molecule has 0 aliphatic heterocycles. The highest BCUT2D eigenvalue weighted by molar-refractivity contribution is 6.35. The van der Waals surface area contributed by atoms with Crippen LogP contribution in [0.4, 0.5) is 0 Å². The van der Waals surface area contributed by atoms with Crippen LogP contribution in [0.15, 0.2) is 18.2 Å². The van der Waals surface area contributed by atoms with E-state index in [2.05, 4.69) is 5.32 Å². The van der Waals surface area contributed by atoms with Gasteiger partial charge in [0.1, 0.15) is 6.04 Å². The van der Waals surface area contributed by atoms with Gasteiger partial charge in [-0.05, 0) is 74.0 Å². The molecule has 1 aromatic carbocycles. The van der Waals surface area contributed by atoms with Crippen molar-refractivity contribution in [2.45, 2.75) is 51.0 Å². The van der Waals surface area contributed by atoms with Crippen LogP contribution in [0.1, 0.15) is 44.1 Å². The topological polar surface area (TPSA) is 55.4 Å². The van der Waals surface area contributed by atoms with Gasteiger partial charge in [0.15, 0.2) is 0 Å². The molecule has 0 unspecified atom stereocenters. The molecule has 4 saturated carbocycles. The number of esters is 1. The van der Waals surface area contributed by atoms with Crippen LogP contribution in [-0.4, -0.2) is 25.0 Å². The Hall–Kier alpha value is -1.26. The third-order valence-electron chi connectivity index (χ3n) is 6.75. The number of nitrogens with one attached hydrogen (secondary N) is 1. The predicted molar refractivity (Wildman–Crippen MR) is 105 cm³/mol. The van der Waals surface area contributed by atoms with Gasteiger partial charge in [-0.3, -0.25) is 4.79 Å². The maximum atomic E-state index is 13.3. The van der Waals surface area contributed by atoms with Gasteiger partial charge in [-0.15, -0.1) is 0 Å². The molecule has 1 atom stereocenters. The van der Waals surface area contributed by atoms with Crippen molar-refractivity contribution >= 4 is 35.1 Å². The summed E-state index contributed by atoms with van der Waals surface area (Å²) in [7, 11) is 1.34. The minimum Gasteiger partial charge on any atom is -0.467 e. The van der Waals surface area contributed by atoms with Crippen LogP contribution in [-0.2, 0) is 20.7 Å². The molecule has 6 heteroatoms. The molecular weight excluding hydrogens is 385 g/mol. The first-order valence-electron chi connectivity index (χ1n) is 9.71. The van der Waals surface area contributed by atoms with Crippen LogP contribution in [0.5, 0.6) is 0 Å². The number of ether oxygens (including phenoxy) is 1. The summed E-state index contributed by atoms with van der Waals surface area (Å²) in [6.45, 7) is 0. The van der Waals surface area contributed by atoms with Crippen LogP contribution in [0.25, 0.3) is 0 Å². The first-order chi connectivity index (χ1) is 12.9. The lowest BCUT2D eigenvalue weighted by atomic mass is 9.49. The van der Waals surface area contributed by atoms with E-state index >= 15 is 0 Å². The molecule has 1 amide bonds. The fourth-order valence-electron chi connectivity index (χ4n) is 5.94. The quantitative estimate of drug-likeness (QED) is 0.732. The zero-order chi connectivity index (χ0) is 19.2. The van der Waals surface area contributed by atoms with Crippen molar-refractivity contribution in [3.8, 4) is 0 Å². The Kier molecular flexibility index (Phi) is 5.15. The molecule has 0 saturated heterocycles. The normalized spacial score (nSPS) is 32.2. The maximum absolute atomic E-state index is 13.3. The number of rotatable bonds is 5.